The number of carbonyl (C=O) groups excluding carboxylic acids is 1. The largest absolute Gasteiger partial charge is 0.391 e. The maximum atomic E-state index is 13.0. The van der Waals surface area contributed by atoms with E-state index in [4.69, 9.17) is 0 Å². The molecule has 1 aliphatic rings. The molecular formula is C14H18FNO2. The smallest absolute Gasteiger partial charge is 0.227 e. The summed E-state index contributed by atoms with van der Waals surface area (Å²) in [4.78, 5) is 13.9. The van der Waals surface area contributed by atoms with Crippen LogP contribution >= 0.6 is 0 Å². The molecule has 18 heavy (non-hydrogen) atoms. The van der Waals surface area contributed by atoms with E-state index in [0.29, 0.717) is 18.5 Å². The molecular weight excluding hydrogens is 233 g/mol. The summed E-state index contributed by atoms with van der Waals surface area (Å²) in [6.45, 7) is 4.27. The van der Waals surface area contributed by atoms with Gasteiger partial charge >= 0.3 is 0 Å². The van der Waals surface area contributed by atoms with E-state index in [1.165, 1.54) is 12.1 Å². The van der Waals surface area contributed by atoms with Crippen molar-refractivity contribution in [2.24, 2.45) is 0 Å². The molecule has 2 rings (SSSR count). The van der Waals surface area contributed by atoms with Crippen molar-refractivity contribution in [2.45, 2.75) is 38.3 Å². The second-order valence-electron chi connectivity index (χ2n) is 5.31. The first-order valence-corrected chi connectivity index (χ1v) is 6.14. The molecule has 1 unspecified atom stereocenters. The highest BCUT2D eigenvalue weighted by atomic mass is 19.1. The van der Waals surface area contributed by atoms with E-state index in [2.05, 4.69) is 0 Å². The van der Waals surface area contributed by atoms with Gasteiger partial charge in [-0.2, -0.15) is 0 Å². The zero-order chi connectivity index (χ0) is 13.3. The summed E-state index contributed by atoms with van der Waals surface area (Å²) in [7, 11) is 0. The highest BCUT2D eigenvalue weighted by molar-refractivity contribution is 5.80. The van der Waals surface area contributed by atoms with Gasteiger partial charge in [0.05, 0.1) is 18.1 Å². The molecule has 0 saturated carbocycles. The van der Waals surface area contributed by atoms with Crippen molar-refractivity contribution < 1.29 is 14.3 Å². The monoisotopic (exact) mass is 251 g/mol. The molecule has 1 aliphatic heterocycles. The van der Waals surface area contributed by atoms with Gasteiger partial charge in [-0.25, -0.2) is 4.39 Å². The van der Waals surface area contributed by atoms with Gasteiger partial charge in [0.25, 0.3) is 0 Å². The fourth-order valence-corrected chi connectivity index (χ4v) is 2.44. The summed E-state index contributed by atoms with van der Waals surface area (Å²) in [5.74, 6) is -0.400. The number of nitrogens with zero attached hydrogens (tertiary/aromatic N) is 1. The molecule has 1 heterocycles. The minimum Gasteiger partial charge on any atom is -0.391 e. The van der Waals surface area contributed by atoms with Gasteiger partial charge in [0, 0.05) is 6.54 Å². The number of aliphatic hydroxyl groups excluding tert-OH is 1. The summed E-state index contributed by atoms with van der Waals surface area (Å²) in [6.07, 6.45) is 0.282. The van der Waals surface area contributed by atoms with Gasteiger partial charge in [-0.15, -0.1) is 0 Å². The average molecular weight is 251 g/mol. The maximum absolute atomic E-state index is 13.0. The van der Waals surface area contributed by atoms with Crippen molar-refractivity contribution in [3.05, 3.63) is 35.6 Å². The third-order valence-electron chi connectivity index (χ3n) is 3.68. The van der Waals surface area contributed by atoms with Crippen LogP contribution in [0, 0.1) is 5.82 Å². The molecule has 1 fully saturated rings. The molecule has 4 heteroatoms. The van der Waals surface area contributed by atoms with Crippen LogP contribution in [0.25, 0.3) is 0 Å². The SMILES string of the molecule is CC1(C)C(O)CCN1C(=O)Cc1cccc(F)c1. The van der Waals surface area contributed by atoms with E-state index < -0.39 is 11.6 Å². The van der Waals surface area contributed by atoms with Crippen molar-refractivity contribution in [3.63, 3.8) is 0 Å². The molecule has 0 aromatic heterocycles. The highest BCUT2D eigenvalue weighted by Gasteiger charge is 2.42. The van der Waals surface area contributed by atoms with Gasteiger partial charge in [-0.3, -0.25) is 4.79 Å². The number of amides is 1. The molecule has 3 nitrogen and oxygen atoms in total. The first kappa shape index (κ1) is 13.0. The second kappa shape index (κ2) is 4.69. The first-order chi connectivity index (χ1) is 8.41. The molecule has 1 amide bonds. The van der Waals surface area contributed by atoms with Crippen molar-refractivity contribution in [1.29, 1.82) is 0 Å². The number of hydrogen-bond acceptors (Lipinski definition) is 2. The molecule has 1 saturated heterocycles. The summed E-state index contributed by atoms with van der Waals surface area (Å²) in [5.41, 5.74) is 0.127. The number of carbonyl (C=O) groups is 1. The summed E-state index contributed by atoms with van der Waals surface area (Å²) in [5, 5.41) is 9.83. The third-order valence-corrected chi connectivity index (χ3v) is 3.68. The van der Waals surface area contributed by atoms with Crippen LogP contribution < -0.4 is 0 Å². The van der Waals surface area contributed by atoms with Gasteiger partial charge in [0.2, 0.25) is 5.91 Å². The molecule has 1 N–H and O–H groups in total. The van der Waals surface area contributed by atoms with E-state index in [0.717, 1.165) is 0 Å². The normalized spacial score (nSPS) is 22.2. The molecule has 0 aliphatic carbocycles. The van der Waals surface area contributed by atoms with Crippen LogP contribution in [0.2, 0.25) is 0 Å². The maximum Gasteiger partial charge on any atom is 0.227 e. The number of aliphatic hydroxyl groups is 1. The predicted molar refractivity (Wildman–Crippen MR) is 66.5 cm³/mol. The van der Waals surface area contributed by atoms with E-state index >= 15 is 0 Å². The van der Waals surface area contributed by atoms with Crippen molar-refractivity contribution >= 4 is 5.91 Å². The van der Waals surface area contributed by atoms with Crippen LogP contribution in [0.3, 0.4) is 0 Å². The fraction of sp³-hybridized carbons (Fsp3) is 0.500. The third kappa shape index (κ3) is 2.38. The van der Waals surface area contributed by atoms with Crippen LogP contribution in [0.15, 0.2) is 24.3 Å². The number of benzene rings is 1. The van der Waals surface area contributed by atoms with Gasteiger partial charge in [0.15, 0.2) is 0 Å². The molecule has 0 bridgehead atoms. The summed E-state index contributed by atoms with van der Waals surface area (Å²) >= 11 is 0. The number of likely N-dealkylation sites (tertiary alicyclic amines) is 1. The lowest BCUT2D eigenvalue weighted by Gasteiger charge is -2.33. The van der Waals surface area contributed by atoms with Crippen LogP contribution in [0.4, 0.5) is 4.39 Å². The topological polar surface area (TPSA) is 40.5 Å². The summed E-state index contributed by atoms with van der Waals surface area (Å²) < 4.78 is 13.0. The van der Waals surface area contributed by atoms with E-state index in [9.17, 15) is 14.3 Å². The Morgan fingerprint density at radius 2 is 2.28 bits per heavy atom. The van der Waals surface area contributed by atoms with Crippen LogP contribution in [0.1, 0.15) is 25.8 Å². The Balaban J connectivity index is 2.09. The van der Waals surface area contributed by atoms with E-state index in [1.807, 2.05) is 13.8 Å². The Morgan fingerprint density at radius 3 is 2.83 bits per heavy atom. The molecule has 98 valence electrons. The fourth-order valence-electron chi connectivity index (χ4n) is 2.44. The molecule has 0 radical (unpaired) electrons. The first-order valence-electron chi connectivity index (χ1n) is 6.14. The molecule has 1 aromatic carbocycles. The van der Waals surface area contributed by atoms with Gasteiger partial charge in [-0.05, 0) is 38.0 Å². The lowest BCUT2D eigenvalue weighted by Crippen LogP contribution is -2.48. The van der Waals surface area contributed by atoms with Crippen molar-refractivity contribution in [1.82, 2.24) is 4.90 Å². The van der Waals surface area contributed by atoms with E-state index in [-0.39, 0.29) is 18.1 Å². The van der Waals surface area contributed by atoms with Crippen molar-refractivity contribution in [3.8, 4) is 0 Å². The average Bonchev–Trinajstić information content (AvgIpc) is 2.54. The minimum absolute atomic E-state index is 0.0675. The zero-order valence-corrected chi connectivity index (χ0v) is 10.7. The minimum atomic E-state index is -0.537. The lowest BCUT2D eigenvalue weighted by molar-refractivity contribution is -0.135. The molecule has 0 spiro atoms. The Labute approximate surface area is 106 Å². The van der Waals surface area contributed by atoms with Crippen LogP contribution in [0.5, 0.6) is 0 Å². The Hall–Kier alpha value is -1.42. The lowest BCUT2D eigenvalue weighted by atomic mass is 9.98. The number of rotatable bonds is 2. The zero-order valence-electron chi connectivity index (χ0n) is 10.7. The van der Waals surface area contributed by atoms with Crippen molar-refractivity contribution in [2.75, 3.05) is 6.54 Å². The Morgan fingerprint density at radius 1 is 1.56 bits per heavy atom. The standard InChI is InChI=1S/C14H18FNO2/c1-14(2)12(17)6-7-16(14)13(18)9-10-4-3-5-11(15)8-10/h3-5,8,12,17H,6-7,9H2,1-2H3. The molecule has 1 aromatic rings. The van der Waals surface area contributed by atoms with Gasteiger partial charge in [-0.1, -0.05) is 12.1 Å². The number of halogens is 1. The number of hydrogen-bond donors (Lipinski definition) is 1. The Bertz CT molecular complexity index is 459. The Kier molecular flexibility index (Phi) is 3.39. The summed E-state index contributed by atoms with van der Waals surface area (Å²) in [6, 6.07) is 6.07. The highest BCUT2D eigenvalue weighted by Crippen LogP contribution is 2.29. The van der Waals surface area contributed by atoms with E-state index in [1.54, 1.807) is 17.0 Å². The van der Waals surface area contributed by atoms with Gasteiger partial charge in [0.1, 0.15) is 5.82 Å². The predicted octanol–water partition coefficient (Wildman–Crippen LogP) is 1.74. The second-order valence-corrected chi connectivity index (χ2v) is 5.31. The molecule has 1 atom stereocenters. The quantitative estimate of drug-likeness (QED) is 0.869. The van der Waals surface area contributed by atoms with Crippen LogP contribution in [-0.4, -0.2) is 34.1 Å². The van der Waals surface area contributed by atoms with Crippen LogP contribution in [-0.2, 0) is 11.2 Å². The van der Waals surface area contributed by atoms with Gasteiger partial charge < -0.3 is 10.0 Å².